The van der Waals surface area contributed by atoms with Crippen molar-refractivity contribution in [2.75, 3.05) is 0 Å². The molecule has 1 heterocycles. The summed E-state index contributed by atoms with van der Waals surface area (Å²) in [4.78, 5) is 14.9. The van der Waals surface area contributed by atoms with Crippen LogP contribution in [-0.2, 0) is 10.8 Å². The van der Waals surface area contributed by atoms with Crippen LogP contribution >= 0.6 is 0 Å². The van der Waals surface area contributed by atoms with E-state index in [1.165, 1.54) is 33.4 Å². The standard InChI is InChI=1S/C39H33N3/c1-38(2)32-22-14-21-30(26-15-8-5-9-16-26)34(32)31-24-23-29(25-33(31)39(38,3)4)37-41-35(27-17-10-6-11-18-27)40-36(42-37)28-19-12-7-13-20-28/h5-25H,1-4H3. The number of benzene rings is 5. The van der Waals surface area contributed by atoms with Gasteiger partial charge in [0.05, 0.1) is 0 Å². The maximum absolute atomic E-state index is 5.02. The third-order valence-corrected chi connectivity index (χ3v) is 9.30. The fourth-order valence-electron chi connectivity index (χ4n) is 6.25. The molecule has 0 bridgehead atoms. The average molecular weight is 544 g/mol. The fourth-order valence-corrected chi connectivity index (χ4v) is 6.25. The van der Waals surface area contributed by atoms with Gasteiger partial charge in [0, 0.05) is 16.7 Å². The molecular weight excluding hydrogens is 510 g/mol. The van der Waals surface area contributed by atoms with Gasteiger partial charge in [0.2, 0.25) is 0 Å². The minimum Gasteiger partial charge on any atom is -0.208 e. The van der Waals surface area contributed by atoms with E-state index in [0.717, 1.165) is 16.7 Å². The van der Waals surface area contributed by atoms with Crippen molar-refractivity contribution in [3.63, 3.8) is 0 Å². The molecule has 0 unspecified atom stereocenters. The summed E-state index contributed by atoms with van der Waals surface area (Å²) in [5.74, 6) is 2.03. The summed E-state index contributed by atoms with van der Waals surface area (Å²) in [6, 6.07) is 44.6. The Morgan fingerprint density at radius 2 is 0.857 bits per heavy atom. The van der Waals surface area contributed by atoms with E-state index in [9.17, 15) is 0 Å². The Morgan fingerprint density at radius 1 is 0.381 bits per heavy atom. The van der Waals surface area contributed by atoms with Gasteiger partial charge in [0.1, 0.15) is 0 Å². The zero-order valence-corrected chi connectivity index (χ0v) is 24.5. The van der Waals surface area contributed by atoms with Crippen molar-refractivity contribution in [1.82, 2.24) is 15.0 Å². The molecule has 5 aromatic carbocycles. The molecule has 1 aliphatic carbocycles. The molecule has 3 nitrogen and oxygen atoms in total. The second-order valence-corrected chi connectivity index (χ2v) is 12.1. The highest BCUT2D eigenvalue weighted by Crippen LogP contribution is 2.56. The molecule has 0 aliphatic heterocycles. The zero-order chi connectivity index (χ0) is 28.9. The average Bonchev–Trinajstić information content (AvgIpc) is 3.04. The van der Waals surface area contributed by atoms with Crippen LogP contribution in [0.5, 0.6) is 0 Å². The van der Waals surface area contributed by atoms with Crippen LogP contribution in [0, 0.1) is 0 Å². The molecule has 0 amide bonds. The van der Waals surface area contributed by atoms with E-state index < -0.39 is 0 Å². The second kappa shape index (κ2) is 9.88. The van der Waals surface area contributed by atoms with E-state index in [0.29, 0.717) is 17.5 Å². The van der Waals surface area contributed by atoms with E-state index in [2.05, 4.69) is 119 Å². The predicted octanol–water partition coefficient (Wildman–Crippen LogP) is 9.78. The number of nitrogens with zero attached hydrogens (tertiary/aromatic N) is 3. The Kier molecular flexibility index (Phi) is 6.13. The van der Waals surface area contributed by atoms with Gasteiger partial charge in [-0.05, 0) is 50.3 Å². The lowest BCUT2D eigenvalue weighted by Gasteiger charge is -2.49. The Labute approximate surface area is 248 Å². The molecule has 204 valence electrons. The van der Waals surface area contributed by atoms with Crippen molar-refractivity contribution in [2.45, 2.75) is 38.5 Å². The smallest absolute Gasteiger partial charge is 0.164 e. The molecule has 0 saturated heterocycles. The van der Waals surface area contributed by atoms with Crippen LogP contribution in [0.3, 0.4) is 0 Å². The van der Waals surface area contributed by atoms with Crippen LogP contribution in [-0.4, -0.2) is 15.0 Å². The Morgan fingerprint density at radius 3 is 1.40 bits per heavy atom. The van der Waals surface area contributed by atoms with E-state index in [1.54, 1.807) is 0 Å². The minimum atomic E-state index is -0.141. The summed E-state index contributed by atoms with van der Waals surface area (Å²) in [7, 11) is 0. The van der Waals surface area contributed by atoms with Crippen LogP contribution in [0.4, 0.5) is 0 Å². The predicted molar refractivity (Wildman–Crippen MR) is 173 cm³/mol. The van der Waals surface area contributed by atoms with E-state index in [1.807, 2.05) is 36.4 Å². The maximum atomic E-state index is 5.02. The van der Waals surface area contributed by atoms with Crippen molar-refractivity contribution < 1.29 is 0 Å². The molecule has 3 heteroatoms. The van der Waals surface area contributed by atoms with Crippen LogP contribution in [0.15, 0.2) is 127 Å². The van der Waals surface area contributed by atoms with E-state index in [-0.39, 0.29) is 10.8 Å². The van der Waals surface area contributed by atoms with Crippen LogP contribution in [0.25, 0.3) is 56.4 Å². The van der Waals surface area contributed by atoms with E-state index in [4.69, 9.17) is 15.0 Å². The number of fused-ring (bicyclic) bond motifs is 3. The van der Waals surface area contributed by atoms with Gasteiger partial charge < -0.3 is 0 Å². The van der Waals surface area contributed by atoms with Crippen molar-refractivity contribution in [2.24, 2.45) is 0 Å². The number of rotatable bonds is 4. The lowest BCUT2D eigenvalue weighted by atomic mass is 9.54. The van der Waals surface area contributed by atoms with Crippen molar-refractivity contribution in [3.05, 3.63) is 139 Å². The highest BCUT2D eigenvalue weighted by molar-refractivity contribution is 5.91. The second-order valence-electron chi connectivity index (χ2n) is 12.1. The van der Waals surface area contributed by atoms with Crippen molar-refractivity contribution in [1.29, 1.82) is 0 Å². The normalized spacial score (nSPS) is 14.6. The molecule has 0 atom stereocenters. The third kappa shape index (κ3) is 4.16. The third-order valence-electron chi connectivity index (χ3n) is 9.30. The number of hydrogen-bond donors (Lipinski definition) is 0. The maximum Gasteiger partial charge on any atom is 0.164 e. The van der Waals surface area contributed by atoms with Crippen molar-refractivity contribution in [3.8, 4) is 56.4 Å². The van der Waals surface area contributed by atoms with Gasteiger partial charge in [-0.25, -0.2) is 15.0 Å². The molecule has 1 aliphatic rings. The summed E-state index contributed by atoms with van der Waals surface area (Å²) in [6.07, 6.45) is 0. The first-order valence-electron chi connectivity index (χ1n) is 14.6. The molecule has 0 fully saturated rings. The van der Waals surface area contributed by atoms with Gasteiger partial charge in [-0.3, -0.25) is 0 Å². The van der Waals surface area contributed by atoms with Crippen LogP contribution in [0.2, 0.25) is 0 Å². The van der Waals surface area contributed by atoms with Gasteiger partial charge in [-0.2, -0.15) is 0 Å². The van der Waals surface area contributed by atoms with Gasteiger partial charge in [-0.1, -0.05) is 149 Å². The molecule has 0 radical (unpaired) electrons. The Balaban J connectivity index is 1.46. The monoisotopic (exact) mass is 543 g/mol. The van der Waals surface area contributed by atoms with Gasteiger partial charge in [0.25, 0.3) is 0 Å². The fraction of sp³-hybridized carbons (Fsp3) is 0.154. The molecule has 0 N–H and O–H groups in total. The molecule has 42 heavy (non-hydrogen) atoms. The minimum absolute atomic E-state index is 0.109. The van der Waals surface area contributed by atoms with Gasteiger partial charge >= 0.3 is 0 Å². The highest BCUT2D eigenvalue weighted by Gasteiger charge is 2.46. The lowest BCUT2D eigenvalue weighted by molar-refractivity contribution is 0.299. The SMILES string of the molecule is CC1(C)c2cc(-c3nc(-c4ccccc4)nc(-c4ccccc4)n3)ccc2-c2c(-c3ccccc3)cccc2C1(C)C. The Bertz CT molecular complexity index is 1850. The summed E-state index contributed by atoms with van der Waals surface area (Å²) in [5, 5.41) is 0. The first-order valence-corrected chi connectivity index (χ1v) is 14.6. The quantitative estimate of drug-likeness (QED) is 0.222. The number of aromatic nitrogens is 3. The van der Waals surface area contributed by atoms with Gasteiger partial charge in [-0.15, -0.1) is 0 Å². The molecular formula is C39H33N3. The van der Waals surface area contributed by atoms with Crippen LogP contribution < -0.4 is 0 Å². The topological polar surface area (TPSA) is 38.7 Å². The van der Waals surface area contributed by atoms with E-state index >= 15 is 0 Å². The largest absolute Gasteiger partial charge is 0.208 e. The Hall–Kier alpha value is -4.89. The molecule has 7 rings (SSSR count). The summed E-state index contributed by atoms with van der Waals surface area (Å²) >= 11 is 0. The summed E-state index contributed by atoms with van der Waals surface area (Å²) in [6.45, 7) is 9.48. The summed E-state index contributed by atoms with van der Waals surface area (Å²) in [5.41, 5.74) is 10.5. The molecule has 0 spiro atoms. The highest BCUT2D eigenvalue weighted by atomic mass is 15.0. The van der Waals surface area contributed by atoms with Gasteiger partial charge in [0.15, 0.2) is 17.5 Å². The van der Waals surface area contributed by atoms with Crippen molar-refractivity contribution >= 4 is 0 Å². The first-order chi connectivity index (χ1) is 20.3. The number of hydrogen-bond acceptors (Lipinski definition) is 3. The molecule has 0 saturated carbocycles. The van der Waals surface area contributed by atoms with Crippen LogP contribution in [0.1, 0.15) is 38.8 Å². The first kappa shape index (κ1) is 26.0. The zero-order valence-electron chi connectivity index (χ0n) is 24.5. The summed E-state index contributed by atoms with van der Waals surface area (Å²) < 4.78 is 0. The molecule has 6 aromatic rings. The lowest BCUT2D eigenvalue weighted by Crippen LogP contribution is -2.43. The molecule has 1 aromatic heterocycles.